The molecule has 0 saturated carbocycles. The fourth-order valence-corrected chi connectivity index (χ4v) is 4.97. The normalized spacial score (nSPS) is 17.8. The second kappa shape index (κ2) is 9.12. The van der Waals surface area contributed by atoms with E-state index in [1.807, 2.05) is 18.2 Å². The zero-order valence-electron chi connectivity index (χ0n) is 15.0. The summed E-state index contributed by atoms with van der Waals surface area (Å²) in [4.78, 5) is 0.132. The summed E-state index contributed by atoms with van der Waals surface area (Å²) >= 11 is 6.33. The van der Waals surface area contributed by atoms with Gasteiger partial charge in [-0.05, 0) is 11.6 Å². The summed E-state index contributed by atoms with van der Waals surface area (Å²) < 4.78 is 38.6. The molecule has 1 unspecified atom stereocenters. The van der Waals surface area contributed by atoms with E-state index in [-0.39, 0.29) is 23.3 Å². The molecule has 0 aliphatic carbocycles. The summed E-state index contributed by atoms with van der Waals surface area (Å²) in [5, 5.41) is 3.79. The number of benzene rings is 2. The van der Waals surface area contributed by atoms with E-state index in [1.165, 1.54) is 30.7 Å². The molecule has 1 atom stereocenters. The van der Waals surface area contributed by atoms with E-state index < -0.39 is 10.0 Å². The Morgan fingerprint density at radius 2 is 1.74 bits per heavy atom. The molecule has 9 heteroatoms. The highest BCUT2D eigenvalue weighted by molar-refractivity contribution is 7.89. The minimum absolute atomic E-state index is 0. The van der Waals surface area contributed by atoms with Crippen molar-refractivity contribution in [2.24, 2.45) is 0 Å². The quantitative estimate of drug-likeness (QED) is 0.785. The SMILES string of the molecule is COc1cc(OC)cc(S(=O)(=O)N2CCNCC2c2ccccc2Cl)c1.Cl. The van der Waals surface area contributed by atoms with Gasteiger partial charge in [0.2, 0.25) is 10.0 Å². The second-order valence-corrected chi connectivity index (χ2v) is 8.20. The minimum Gasteiger partial charge on any atom is -0.497 e. The number of rotatable bonds is 5. The molecule has 0 radical (unpaired) electrons. The summed E-state index contributed by atoms with van der Waals surface area (Å²) in [6, 6.07) is 11.6. The van der Waals surface area contributed by atoms with Gasteiger partial charge in [-0.25, -0.2) is 8.42 Å². The Labute approximate surface area is 170 Å². The van der Waals surface area contributed by atoms with E-state index in [0.29, 0.717) is 36.2 Å². The first-order chi connectivity index (χ1) is 12.5. The number of hydrogen-bond donors (Lipinski definition) is 1. The Balaban J connectivity index is 0.00000261. The first kappa shape index (κ1) is 21.8. The van der Waals surface area contributed by atoms with Crippen molar-refractivity contribution in [1.29, 1.82) is 0 Å². The van der Waals surface area contributed by atoms with Crippen molar-refractivity contribution >= 4 is 34.0 Å². The van der Waals surface area contributed by atoms with Crippen molar-refractivity contribution in [3.8, 4) is 11.5 Å². The van der Waals surface area contributed by atoms with Crippen molar-refractivity contribution < 1.29 is 17.9 Å². The van der Waals surface area contributed by atoms with Crippen LogP contribution < -0.4 is 14.8 Å². The molecular formula is C18H22Cl2N2O4S. The lowest BCUT2D eigenvalue weighted by Crippen LogP contribution is -2.48. The van der Waals surface area contributed by atoms with E-state index in [1.54, 1.807) is 12.1 Å². The third-order valence-corrected chi connectivity index (χ3v) is 6.62. The van der Waals surface area contributed by atoms with E-state index >= 15 is 0 Å². The maximum atomic E-state index is 13.4. The number of nitrogens with one attached hydrogen (secondary N) is 1. The monoisotopic (exact) mass is 432 g/mol. The molecule has 2 aromatic carbocycles. The van der Waals surface area contributed by atoms with E-state index in [0.717, 1.165) is 5.56 Å². The number of methoxy groups -OCH3 is 2. The summed E-state index contributed by atoms with van der Waals surface area (Å²) in [7, 11) is -0.789. The van der Waals surface area contributed by atoms with Crippen LogP contribution in [-0.4, -0.2) is 46.6 Å². The van der Waals surface area contributed by atoms with E-state index in [9.17, 15) is 8.42 Å². The first-order valence-corrected chi connectivity index (χ1v) is 9.99. The first-order valence-electron chi connectivity index (χ1n) is 8.17. The van der Waals surface area contributed by atoms with Gasteiger partial charge in [0.25, 0.3) is 0 Å². The van der Waals surface area contributed by atoms with Gasteiger partial charge in [-0.1, -0.05) is 29.8 Å². The molecule has 0 spiro atoms. The van der Waals surface area contributed by atoms with E-state index in [2.05, 4.69) is 5.32 Å². The lowest BCUT2D eigenvalue weighted by Gasteiger charge is -2.36. The predicted molar refractivity (Wildman–Crippen MR) is 108 cm³/mol. The summed E-state index contributed by atoms with van der Waals surface area (Å²) in [6.07, 6.45) is 0. The van der Waals surface area contributed by atoms with Gasteiger partial charge in [-0.2, -0.15) is 4.31 Å². The fourth-order valence-electron chi connectivity index (χ4n) is 3.05. The number of halogens is 2. The molecule has 1 heterocycles. The summed E-state index contributed by atoms with van der Waals surface area (Å²) in [5.41, 5.74) is 0.778. The standard InChI is InChI=1S/C18H21ClN2O4S.ClH/c1-24-13-9-14(25-2)11-15(10-13)26(22,23)21-8-7-20-12-18(21)16-5-3-4-6-17(16)19;/h3-6,9-11,18,20H,7-8,12H2,1-2H3;1H. The third kappa shape index (κ3) is 4.50. The van der Waals surface area contributed by atoms with Crippen LogP contribution in [0.25, 0.3) is 0 Å². The van der Waals surface area contributed by atoms with Crippen LogP contribution >= 0.6 is 24.0 Å². The Morgan fingerprint density at radius 3 is 2.33 bits per heavy atom. The minimum atomic E-state index is -3.77. The largest absolute Gasteiger partial charge is 0.497 e. The van der Waals surface area contributed by atoms with Crippen molar-refractivity contribution in [2.45, 2.75) is 10.9 Å². The van der Waals surface area contributed by atoms with Crippen LogP contribution in [0.1, 0.15) is 11.6 Å². The average Bonchev–Trinajstić information content (AvgIpc) is 2.68. The fraction of sp³-hybridized carbons (Fsp3) is 0.333. The smallest absolute Gasteiger partial charge is 0.243 e. The average molecular weight is 433 g/mol. The molecule has 0 bridgehead atoms. The molecule has 1 aliphatic heterocycles. The molecule has 1 N–H and O–H groups in total. The maximum absolute atomic E-state index is 13.4. The summed E-state index contributed by atoms with van der Waals surface area (Å²) in [5.74, 6) is 0.847. The van der Waals surface area contributed by atoms with Crippen LogP contribution in [0.5, 0.6) is 11.5 Å². The number of piperazine rings is 1. The maximum Gasteiger partial charge on any atom is 0.243 e. The lowest BCUT2D eigenvalue weighted by molar-refractivity contribution is 0.271. The molecule has 2 aromatic rings. The topological polar surface area (TPSA) is 67.9 Å². The predicted octanol–water partition coefficient (Wildman–Crippen LogP) is 3.11. The second-order valence-electron chi connectivity index (χ2n) is 5.91. The van der Waals surface area contributed by atoms with Gasteiger partial charge < -0.3 is 14.8 Å². The van der Waals surface area contributed by atoms with Crippen molar-refractivity contribution in [2.75, 3.05) is 33.9 Å². The van der Waals surface area contributed by atoms with Gasteiger partial charge >= 0.3 is 0 Å². The van der Waals surface area contributed by atoms with Crippen molar-refractivity contribution in [3.05, 3.63) is 53.1 Å². The molecule has 1 aliphatic rings. The highest BCUT2D eigenvalue weighted by Gasteiger charge is 2.35. The van der Waals surface area contributed by atoms with Crippen LogP contribution in [0.15, 0.2) is 47.4 Å². The summed E-state index contributed by atoms with van der Waals surface area (Å²) in [6.45, 7) is 1.41. The van der Waals surface area contributed by atoms with Crippen LogP contribution in [0.2, 0.25) is 5.02 Å². The van der Waals surface area contributed by atoms with Gasteiger partial charge in [0.05, 0.1) is 25.2 Å². The number of nitrogens with zero attached hydrogens (tertiary/aromatic N) is 1. The zero-order chi connectivity index (χ0) is 18.7. The highest BCUT2D eigenvalue weighted by Crippen LogP contribution is 2.34. The molecule has 148 valence electrons. The highest BCUT2D eigenvalue weighted by atomic mass is 35.5. The van der Waals surface area contributed by atoms with Gasteiger partial charge in [0.1, 0.15) is 11.5 Å². The third-order valence-electron chi connectivity index (χ3n) is 4.39. The zero-order valence-corrected chi connectivity index (χ0v) is 17.4. The van der Waals surface area contributed by atoms with Gasteiger partial charge in [-0.3, -0.25) is 0 Å². The van der Waals surface area contributed by atoms with Crippen molar-refractivity contribution in [1.82, 2.24) is 9.62 Å². The molecule has 0 aromatic heterocycles. The molecular weight excluding hydrogens is 411 g/mol. The molecule has 27 heavy (non-hydrogen) atoms. The number of ether oxygens (including phenoxy) is 2. The van der Waals surface area contributed by atoms with Crippen molar-refractivity contribution in [3.63, 3.8) is 0 Å². The van der Waals surface area contributed by atoms with Crippen LogP contribution in [-0.2, 0) is 10.0 Å². The molecule has 6 nitrogen and oxygen atoms in total. The molecule has 0 amide bonds. The van der Waals surface area contributed by atoms with Gasteiger partial charge in [0.15, 0.2) is 0 Å². The molecule has 3 rings (SSSR count). The van der Waals surface area contributed by atoms with Crippen LogP contribution in [0.3, 0.4) is 0 Å². The molecule has 1 fully saturated rings. The van der Waals surface area contributed by atoms with Gasteiger partial charge in [0, 0.05) is 42.9 Å². The number of hydrogen-bond acceptors (Lipinski definition) is 5. The van der Waals surface area contributed by atoms with Crippen LogP contribution in [0.4, 0.5) is 0 Å². The Kier molecular flexibility index (Phi) is 7.36. The molecule has 1 saturated heterocycles. The van der Waals surface area contributed by atoms with Gasteiger partial charge in [-0.15, -0.1) is 12.4 Å². The van der Waals surface area contributed by atoms with E-state index in [4.69, 9.17) is 21.1 Å². The Hall–Kier alpha value is -1.51. The van der Waals surface area contributed by atoms with Crippen LogP contribution in [0, 0.1) is 0 Å². The number of sulfonamides is 1. The lowest BCUT2D eigenvalue weighted by atomic mass is 10.1. The Morgan fingerprint density at radius 1 is 1.11 bits per heavy atom. The Bertz CT molecular complexity index is 870.